The Morgan fingerprint density at radius 3 is 2.88 bits per heavy atom. The topological polar surface area (TPSA) is 62.5 Å². The van der Waals surface area contributed by atoms with E-state index in [1.807, 2.05) is 0 Å². The van der Waals surface area contributed by atoms with Crippen molar-refractivity contribution in [2.75, 3.05) is 6.54 Å². The van der Waals surface area contributed by atoms with Crippen LogP contribution in [0.1, 0.15) is 25.0 Å². The van der Waals surface area contributed by atoms with Gasteiger partial charge in [-0.05, 0) is 53.4 Å². The Morgan fingerprint density at radius 1 is 1.59 bits per heavy atom. The van der Waals surface area contributed by atoms with Crippen molar-refractivity contribution in [2.24, 2.45) is 0 Å². The van der Waals surface area contributed by atoms with Crippen LogP contribution in [0.25, 0.3) is 6.08 Å². The molecule has 1 aliphatic carbocycles. The maximum atomic E-state index is 11.4. The van der Waals surface area contributed by atoms with Crippen molar-refractivity contribution < 1.29 is 14.3 Å². The second-order valence-corrected chi connectivity index (χ2v) is 5.05. The number of carbonyl (C=O) groups excluding carboxylic acids is 1. The summed E-state index contributed by atoms with van der Waals surface area (Å²) in [5, 5.41) is 12.5. The minimum Gasteiger partial charge on any atom is -0.450 e. The van der Waals surface area contributed by atoms with Gasteiger partial charge in [-0.2, -0.15) is 0 Å². The van der Waals surface area contributed by atoms with Crippen molar-refractivity contribution in [2.45, 2.75) is 24.9 Å². The molecule has 0 spiro atoms. The number of aliphatic hydroxyl groups is 1. The zero-order chi connectivity index (χ0) is 12.3. The van der Waals surface area contributed by atoms with Gasteiger partial charge in [0.15, 0.2) is 4.67 Å². The molecule has 5 heteroatoms. The molecule has 2 rings (SSSR count). The molecule has 1 amide bonds. The molecule has 0 radical (unpaired) electrons. The Morgan fingerprint density at radius 2 is 2.35 bits per heavy atom. The molecule has 1 heterocycles. The Hall–Kier alpha value is -1.07. The Bertz CT molecular complexity index is 435. The number of halogens is 1. The van der Waals surface area contributed by atoms with E-state index in [1.54, 1.807) is 18.2 Å². The van der Waals surface area contributed by atoms with E-state index in [9.17, 15) is 9.90 Å². The fourth-order valence-electron chi connectivity index (χ4n) is 1.65. The Labute approximate surface area is 108 Å². The maximum absolute atomic E-state index is 11.4. The molecule has 1 fully saturated rings. The third-order valence-electron chi connectivity index (χ3n) is 2.87. The quantitative estimate of drug-likeness (QED) is 0.837. The number of amides is 1. The summed E-state index contributed by atoms with van der Waals surface area (Å²) in [6.07, 6.45) is 5.55. The summed E-state index contributed by atoms with van der Waals surface area (Å²) in [6.45, 7) is 0.317. The third kappa shape index (κ3) is 3.44. The Balaban J connectivity index is 1.79. The molecule has 0 bridgehead atoms. The van der Waals surface area contributed by atoms with Gasteiger partial charge in [0.25, 0.3) is 0 Å². The molecule has 1 aromatic rings. The molecule has 1 aliphatic rings. The molecule has 0 unspecified atom stereocenters. The molecular weight excluding hydrogens is 286 g/mol. The number of furan rings is 1. The van der Waals surface area contributed by atoms with Crippen LogP contribution in [0.4, 0.5) is 0 Å². The summed E-state index contributed by atoms with van der Waals surface area (Å²) >= 11 is 3.18. The first-order valence-corrected chi connectivity index (χ1v) is 6.30. The molecule has 0 aromatic carbocycles. The monoisotopic (exact) mass is 299 g/mol. The number of rotatable bonds is 4. The average Bonchev–Trinajstić information content (AvgIpc) is 2.67. The van der Waals surface area contributed by atoms with E-state index in [0.717, 1.165) is 19.3 Å². The summed E-state index contributed by atoms with van der Waals surface area (Å²) in [7, 11) is 0. The van der Waals surface area contributed by atoms with Crippen LogP contribution in [0, 0.1) is 0 Å². The van der Waals surface area contributed by atoms with Crippen LogP contribution >= 0.6 is 15.9 Å². The van der Waals surface area contributed by atoms with E-state index < -0.39 is 5.60 Å². The lowest BCUT2D eigenvalue weighted by Gasteiger charge is -2.36. The van der Waals surface area contributed by atoms with Gasteiger partial charge in [0.05, 0.1) is 5.60 Å². The molecule has 4 nitrogen and oxygen atoms in total. The van der Waals surface area contributed by atoms with Crippen molar-refractivity contribution in [3.05, 3.63) is 28.6 Å². The highest BCUT2D eigenvalue weighted by Crippen LogP contribution is 2.30. The highest BCUT2D eigenvalue weighted by molar-refractivity contribution is 9.10. The van der Waals surface area contributed by atoms with Gasteiger partial charge < -0.3 is 14.8 Å². The van der Waals surface area contributed by atoms with Crippen LogP contribution in [0.15, 0.2) is 27.3 Å². The van der Waals surface area contributed by atoms with E-state index in [0.29, 0.717) is 17.0 Å². The van der Waals surface area contributed by atoms with E-state index in [2.05, 4.69) is 21.2 Å². The second kappa shape index (κ2) is 5.06. The summed E-state index contributed by atoms with van der Waals surface area (Å²) in [4.78, 5) is 11.4. The maximum Gasteiger partial charge on any atom is 0.244 e. The minimum atomic E-state index is -0.683. The molecule has 17 heavy (non-hydrogen) atoms. The van der Waals surface area contributed by atoms with Gasteiger partial charge in [0.2, 0.25) is 5.91 Å². The van der Waals surface area contributed by atoms with Crippen LogP contribution < -0.4 is 5.32 Å². The van der Waals surface area contributed by atoms with E-state index in [-0.39, 0.29) is 5.91 Å². The molecular formula is C12H14BrNO3. The summed E-state index contributed by atoms with van der Waals surface area (Å²) in [6, 6.07) is 3.52. The van der Waals surface area contributed by atoms with Gasteiger partial charge in [-0.15, -0.1) is 0 Å². The first-order chi connectivity index (χ1) is 8.07. The predicted octanol–water partition coefficient (Wildman–Crippen LogP) is 2.09. The lowest BCUT2D eigenvalue weighted by molar-refractivity contribution is -0.118. The van der Waals surface area contributed by atoms with Crippen LogP contribution in [0.3, 0.4) is 0 Å². The second-order valence-electron chi connectivity index (χ2n) is 4.27. The van der Waals surface area contributed by atoms with Crippen LogP contribution in [0.2, 0.25) is 0 Å². The average molecular weight is 300 g/mol. The molecule has 92 valence electrons. The van der Waals surface area contributed by atoms with Crippen LogP contribution in [-0.4, -0.2) is 23.2 Å². The SMILES string of the molecule is O=C(/C=C/c1ccc(Br)o1)NCC1(O)CCC1. The number of hydrogen-bond acceptors (Lipinski definition) is 3. The minimum absolute atomic E-state index is 0.224. The molecule has 0 aliphatic heterocycles. The largest absolute Gasteiger partial charge is 0.450 e. The third-order valence-corrected chi connectivity index (χ3v) is 3.30. The van der Waals surface area contributed by atoms with Gasteiger partial charge in [-0.25, -0.2) is 0 Å². The smallest absolute Gasteiger partial charge is 0.244 e. The summed E-state index contributed by atoms with van der Waals surface area (Å²) in [5.74, 6) is 0.382. The van der Waals surface area contributed by atoms with Crippen LogP contribution in [0.5, 0.6) is 0 Å². The van der Waals surface area contributed by atoms with Crippen molar-refractivity contribution in [3.63, 3.8) is 0 Å². The van der Waals surface area contributed by atoms with Crippen molar-refractivity contribution in [3.8, 4) is 0 Å². The Kier molecular flexibility index (Phi) is 3.69. The molecule has 0 atom stereocenters. The number of nitrogens with one attached hydrogen (secondary N) is 1. The normalized spacial score (nSPS) is 18.0. The van der Waals surface area contributed by atoms with Gasteiger partial charge >= 0.3 is 0 Å². The highest BCUT2D eigenvalue weighted by Gasteiger charge is 2.34. The standard InChI is InChI=1S/C12H14BrNO3/c13-10-4-2-9(17-10)3-5-11(15)14-8-12(16)6-1-7-12/h2-5,16H,1,6-8H2,(H,14,15)/b5-3+. The van der Waals surface area contributed by atoms with Gasteiger partial charge in [-0.3, -0.25) is 4.79 Å². The molecule has 0 saturated heterocycles. The predicted molar refractivity (Wildman–Crippen MR) is 67.3 cm³/mol. The van der Waals surface area contributed by atoms with Crippen molar-refractivity contribution in [1.29, 1.82) is 0 Å². The fourth-order valence-corrected chi connectivity index (χ4v) is 1.97. The van der Waals surface area contributed by atoms with E-state index >= 15 is 0 Å². The fraction of sp³-hybridized carbons (Fsp3) is 0.417. The molecule has 2 N–H and O–H groups in total. The van der Waals surface area contributed by atoms with Crippen molar-refractivity contribution >= 4 is 27.9 Å². The molecule has 1 saturated carbocycles. The van der Waals surface area contributed by atoms with Gasteiger partial charge in [0, 0.05) is 12.6 Å². The zero-order valence-corrected chi connectivity index (χ0v) is 10.9. The molecule has 1 aromatic heterocycles. The van der Waals surface area contributed by atoms with Crippen molar-refractivity contribution in [1.82, 2.24) is 5.32 Å². The lowest BCUT2D eigenvalue weighted by Crippen LogP contribution is -2.47. The zero-order valence-electron chi connectivity index (χ0n) is 9.28. The summed E-state index contributed by atoms with van der Waals surface area (Å²) < 4.78 is 5.84. The highest BCUT2D eigenvalue weighted by atomic mass is 79.9. The number of carbonyl (C=O) groups is 1. The number of hydrogen-bond donors (Lipinski definition) is 2. The lowest BCUT2D eigenvalue weighted by atomic mass is 9.80. The van der Waals surface area contributed by atoms with E-state index in [4.69, 9.17) is 4.42 Å². The first-order valence-electron chi connectivity index (χ1n) is 5.51. The van der Waals surface area contributed by atoms with Crippen LogP contribution in [-0.2, 0) is 4.79 Å². The first kappa shape index (κ1) is 12.4. The van der Waals surface area contributed by atoms with E-state index in [1.165, 1.54) is 6.08 Å². The van der Waals surface area contributed by atoms with Gasteiger partial charge in [-0.1, -0.05) is 0 Å². The summed E-state index contributed by atoms with van der Waals surface area (Å²) in [5.41, 5.74) is -0.683. The van der Waals surface area contributed by atoms with Gasteiger partial charge in [0.1, 0.15) is 5.76 Å².